The second kappa shape index (κ2) is 6.31. The first-order valence-corrected chi connectivity index (χ1v) is 8.07. The molecule has 8 heteroatoms. The lowest BCUT2D eigenvalue weighted by Crippen LogP contribution is -2.41. The molecule has 116 valence electrons. The van der Waals surface area contributed by atoms with Crippen LogP contribution >= 0.6 is 0 Å². The number of rotatable bonds is 5. The van der Waals surface area contributed by atoms with Gasteiger partial charge >= 0.3 is 0 Å². The fourth-order valence-electron chi connectivity index (χ4n) is 1.80. The van der Waals surface area contributed by atoms with Crippen molar-refractivity contribution in [2.24, 2.45) is 5.92 Å². The number of fused-ring (bicyclic) bond motifs is 1. The summed E-state index contributed by atoms with van der Waals surface area (Å²) in [5.41, 5.74) is 2.18. The summed E-state index contributed by atoms with van der Waals surface area (Å²) in [6.07, 6.45) is 0.240. The van der Waals surface area contributed by atoms with Crippen LogP contribution in [0.15, 0.2) is 23.1 Å². The molecule has 0 saturated carbocycles. The molecule has 1 aliphatic rings. The number of hydrogen-bond donors (Lipinski definition) is 2. The lowest BCUT2D eigenvalue weighted by Gasteiger charge is -2.19. The number of amides is 1. The third-order valence-electron chi connectivity index (χ3n) is 2.74. The summed E-state index contributed by atoms with van der Waals surface area (Å²) in [4.78, 5) is 13.5. The first kappa shape index (κ1) is 15.6. The number of carbonyl (C=O) groups excluding carboxylic acids is 1. The maximum Gasteiger partial charge on any atom is 0.257 e. The summed E-state index contributed by atoms with van der Waals surface area (Å²) >= 11 is 0. The first-order valence-electron chi connectivity index (χ1n) is 6.59. The third kappa shape index (κ3) is 4.08. The summed E-state index contributed by atoms with van der Waals surface area (Å²) in [7, 11) is -3.84. The highest BCUT2D eigenvalue weighted by atomic mass is 32.2. The van der Waals surface area contributed by atoms with E-state index in [9.17, 15) is 13.2 Å². The molecule has 0 unspecified atom stereocenters. The van der Waals surface area contributed by atoms with Gasteiger partial charge in [-0.2, -0.15) is 0 Å². The van der Waals surface area contributed by atoms with Gasteiger partial charge in [-0.1, -0.05) is 13.8 Å². The van der Waals surface area contributed by atoms with Crippen LogP contribution in [0.4, 0.5) is 0 Å². The Balaban J connectivity index is 2.07. The van der Waals surface area contributed by atoms with E-state index in [0.29, 0.717) is 24.7 Å². The molecule has 21 heavy (non-hydrogen) atoms. The van der Waals surface area contributed by atoms with Gasteiger partial charge < -0.3 is 9.47 Å². The lowest BCUT2D eigenvalue weighted by molar-refractivity contribution is -0.122. The standard InChI is InChI=1S/C13H18N2O5S/c1-9(2)7-13(16)14-15-21(17,18)10-3-4-11-12(8-10)20-6-5-19-11/h3-4,8-9,15H,5-7H2,1-2H3,(H,14,16). The van der Waals surface area contributed by atoms with Crippen molar-refractivity contribution in [2.75, 3.05) is 13.2 Å². The van der Waals surface area contributed by atoms with Gasteiger partial charge in [-0.25, -0.2) is 8.42 Å². The fourth-order valence-corrected chi connectivity index (χ4v) is 2.67. The predicted octanol–water partition coefficient (Wildman–Crippen LogP) is 0.813. The predicted molar refractivity (Wildman–Crippen MR) is 75.4 cm³/mol. The first-order chi connectivity index (χ1) is 9.88. The highest BCUT2D eigenvalue weighted by molar-refractivity contribution is 7.89. The Kier molecular flexibility index (Phi) is 4.69. The summed E-state index contributed by atoms with van der Waals surface area (Å²) in [6.45, 7) is 4.54. The van der Waals surface area contributed by atoms with Gasteiger partial charge in [-0.05, 0) is 18.1 Å². The molecule has 0 aromatic heterocycles. The molecule has 2 N–H and O–H groups in total. The van der Waals surface area contributed by atoms with E-state index >= 15 is 0 Å². The molecule has 0 radical (unpaired) electrons. The molecule has 1 amide bonds. The van der Waals surface area contributed by atoms with Gasteiger partial charge in [-0.15, -0.1) is 4.83 Å². The van der Waals surface area contributed by atoms with E-state index in [4.69, 9.17) is 9.47 Å². The van der Waals surface area contributed by atoms with E-state index in [-0.39, 0.29) is 23.1 Å². The number of hydrogen-bond acceptors (Lipinski definition) is 5. The van der Waals surface area contributed by atoms with E-state index in [0.717, 1.165) is 0 Å². The molecule has 1 aromatic carbocycles. The molecule has 7 nitrogen and oxygen atoms in total. The zero-order chi connectivity index (χ0) is 15.5. The summed E-state index contributed by atoms with van der Waals surface area (Å²) in [6, 6.07) is 4.29. The van der Waals surface area contributed by atoms with Crippen molar-refractivity contribution in [3.8, 4) is 11.5 Å². The monoisotopic (exact) mass is 314 g/mol. The van der Waals surface area contributed by atoms with Crippen LogP contribution in [0.2, 0.25) is 0 Å². The second-order valence-corrected chi connectivity index (χ2v) is 6.74. The van der Waals surface area contributed by atoms with Crippen LogP contribution in [0.1, 0.15) is 20.3 Å². The molecule has 0 aliphatic carbocycles. The summed E-state index contributed by atoms with van der Waals surface area (Å²) in [5.74, 6) is 0.636. The lowest BCUT2D eigenvalue weighted by atomic mass is 10.1. The molecule has 1 aliphatic heterocycles. The second-order valence-electron chi connectivity index (χ2n) is 5.06. The number of carbonyl (C=O) groups is 1. The molecule has 0 bridgehead atoms. The van der Waals surface area contributed by atoms with Crippen LogP contribution in [0, 0.1) is 5.92 Å². The van der Waals surface area contributed by atoms with Crippen molar-refractivity contribution in [1.29, 1.82) is 0 Å². The minimum Gasteiger partial charge on any atom is -0.486 e. The maximum atomic E-state index is 12.1. The van der Waals surface area contributed by atoms with Crippen LogP contribution in [-0.4, -0.2) is 27.5 Å². The van der Waals surface area contributed by atoms with E-state index in [1.807, 2.05) is 13.8 Å². The molecule has 1 aromatic rings. The van der Waals surface area contributed by atoms with Gasteiger partial charge in [0, 0.05) is 12.5 Å². The number of nitrogens with one attached hydrogen (secondary N) is 2. The average molecular weight is 314 g/mol. The Morgan fingerprint density at radius 3 is 2.57 bits per heavy atom. The SMILES string of the molecule is CC(C)CC(=O)NNS(=O)(=O)c1ccc2c(c1)OCCO2. The van der Waals surface area contributed by atoms with E-state index < -0.39 is 10.0 Å². The van der Waals surface area contributed by atoms with Crippen LogP contribution in [-0.2, 0) is 14.8 Å². The molecule has 1 heterocycles. The van der Waals surface area contributed by atoms with Gasteiger partial charge in [0.2, 0.25) is 5.91 Å². The van der Waals surface area contributed by atoms with Gasteiger partial charge in [-0.3, -0.25) is 10.2 Å². The molecule has 0 fully saturated rings. The van der Waals surface area contributed by atoms with Gasteiger partial charge in [0.05, 0.1) is 4.90 Å². The van der Waals surface area contributed by atoms with E-state index in [1.54, 1.807) is 0 Å². The molecular formula is C13H18N2O5S. The topological polar surface area (TPSA) is 93.7 Å². The molecular weight excluding hydrogens is 296 g/mol. The minimum atomic E-state index is -3.84. The largest absolute Gasteiger partial charge is 0.486 e. The number of hydrazine groups is 1. The minimum absolute atomic E-state index is 0.00315. The highest BCUT2D eigenvalue weighted by Gasteiger charge is 2.20. The normalized spacial score (nSPS) is 14.0. The molecule has 0 saturated heterocycles. The Labute approximate surface area is 123 Å². The summed E-state index contributed by atoms with van der Waals surface area (Å²) < 4.78 is 34.8. The Bertz CT molecular complexity index is 627. The molecule has 2 rings (SSSR count). The Morgan fingerprint density at radius 2 is 1.90 bits per heavy atom. The zero-order valence-corrected chi connectivity index (χ0v) is 12.7. The van der Waals surface area contributed by atoms with Crippen molar-refractivity contribution in [3.05, 3.63) is 18.2 Å². The number of benzene rings is 1. The van der Waals surface area contributed by atoms with Gasteiger partial charge in [0.25, 0.3) is 10.0 Å². The van der Waals surface area contributed by atoms with Crippen molar-refractivity contribution in [2.45, 2.75) is 25.2 Å². The van der Waals surface area contributed by atoms with Gasteiger partial charge in [0.15, 0.2) is 11.5 Å². The van der Waals surface area contributed by atoms with Crippen molar-refractivity contribution < 1.29 is 22.7 Å². The molecule has 0 atom stereocenters. The van der Waals surface area contributed by atoms with Crippen LogP contribution < -0.4 is 19.7 Å². The van der Waals surface area contributed by atoms with Gasteiger partial charge in [0.1, 0.15) is 13.2 Å². The maximum absolute atomic E-state index is 12.1. The number of sulfonamides is 1. The zero-order valence-electron chi connectivity index (χ0n) is 11.9. The van der Waals surface area contributed by atoms with Crippen molar-refractivity contribution >= 4 is 15.9 Å². The summed E-state index contributed by atoms with van der Waals surface area (Å²) in [5, 5.41) is 0. The molecule has 0 spiro atoms. The smallest absolute Gasteiger partial charge is 0.257 e. The van der Waals surface area contributed by atoms with E-state index in [1.165, 1.54) is 18.2 Å². The van der Waals surface area contributed by atoms with Crippen LogP contribution in [0.3, 0.4) is 0 Å². The quantitative estimate of drug-likeness (QED) is 0.785. The van der Waals surface area contributed by atoms with Crippen LogP contribution in [0.5, 0.6) is 11.5 Å². The third-order valence-corrected chi connectivity index (χ3v) is 3.99. The fraction of sp³-hybridized carbons (Fsp3) is 0.462. The van der Waals surface area contributed by atoms with Crippen LogP contribution in [0.25, 0.3) is 0 Å². The van der Waals surface area contributed by atoms with E-state index in [2.05, 4.69) is 10.3 Å². The Hall–Kier alpha value is -1.80. The average Bonchev–Trinajstić information content (AvgIpc) is 2.44. The Morgan fingerprint density at radius 1 is 1.24 bits per heavy atom. The van der Waals surface area contributed by atoms with Crippen molar-refractivity contribution in [1.82, 2.24) is 10.3 Å². The highest BCUT2D eigenvalue weighted by Crippen LogP contribution is 2.31. The van der Waals surface area contributed by atoms with Crippen molar-refractivity contribution in [3.63, 3.8) is 0 Å². The number of ether oxygens (including phenoxy) is 2.